The van der Waals surface area contributed by atoms with E-state index in [0.717, 1.165) is 22.5 Å². The van der Waals surface area contributed by atoms with E-state index in [1.165, 1.54) is 6.07 Å². The fourth-order valence-electron chi connectivity index (χ4n) is 3.49. The highest BCUT2D eigenvalue weighted by Gasteiger charge is 2.29. The molecule has 1 aromatic heterocycles. The Balaban J connectivity index is 1.59. The molecule has 0 N–H and O–H groups in total. The Kier molecular flexibility index (Phi) is 6.79. The number of hydrogen-bond donors (Lipinski definition) is 0. The lowest BCUT2D eigenvalue weighted by Gasteiger charge is -2.22. The number of aromatic nitrogens is 2. The van der Waals surface area contributed by atoms with Gasteiger partial charge in [-0.15, -0.1) is 0 Å². The maximum Gasteiger partial charge on any atom is 0.350 e. The van der Waals surface area contributed by atoms with Crippen molar-refractivity contribution in [1.29, 1.82) is 0 Å². The molecule has 0 saturated carbocycles. The molecular formula is C26H25N3O5S. The van der Waals surface area contributed by atoms with Gasteiger partial charge in [-0.1, -0.05) is 54.2 Å². The van der Waals surface area contributed by atoms with Crippen LogP contribution >= 0.6 is 11.8 Å². The first-order valence-corrected chi connectivity index (χ1v) is 11.8. The number of fused-ring (bicyclic) bond motifs is 1. The molecule has 0 unspecified atom stereocenters. The second-order valence-electron chi connectivity index (χ2n) is 8.90. The van der Waals surface area contributed by atoms with E-state index in [9.17, 15) is 14.9 Å². The van der Waals surface area contributed by atoms with Gasteiger partial charge in [0.1, 0.15) is 5.75 Å². The summed E-state index contributed by atoms with van der Waals surface area (Å²) in [6.07, 6.45) is 0. The topological polar surface area (TPSA) is 96.5 Å². The fraction of sp³-hybridized carbons (Fsp3) is 0.231. The molecule has 180 valence electrons. The molecule has 0 aliphatic rings. The van der Waals surface area contributed by atoms with Crippen LogP contribution in [0.2, 0.25) is 0 Å². The third-order valence-corrected chi connectivity index (χ3v) is 6.40. The number of aryl methyl sites for hydroxylation is 1. The predicted molar refractivity (Wildman–Crippen MR) is 134 cm³/mol. The molecule has 35 heavy (non-hydrogen) atoms. The Bertz CT molecular complexity index is 1410. The molecule has 0 aliphatic heterocycles. The van der Waals surface area contributed by atoms with Crippen molar-refractivity contribution in [1.82, 2.24) is 9.78 Å². The molecule has 3 aromatic carbocycles. The first kappa shape index (κ1) is 24.3. The van der Waals surface area contributed by atoms with Gasteiger partial charge < -0.3 is 9.47 Å². The minimum Gasteiger partial charge on any atom is -0.482 e. The molecule has 0 bridgehead atoms. The van der Waals surface area contributed by atoms with Gasteiger partial charge in [-0.3, -0.25) is 10.1 Å². The summed E-state index contributed by atoms with van der Waals surface area (Å²) in [5.74, 6) is 0.175. The van der Waals surface area contributed by atoms with Crippen LogP contribution in [0.3, 0.4) is 0 Å². The van der Waals surface area contributed by atoms with Gasteiger partial charge >= 0.3 is 5.97 Å². The van der Waals surface area contributed by atoms with Crippen LogP contribution in [0, 0.1) is 17.0 Å². The van der Waals surface area contributed by atoms with E-state index in [1.807, 2.05) is 57.2 Å². The maximum atomic E-state index is 12.8. The van der Waals surface area contributed by atoms with Gasteiger partial charge in [-0.25, -0.2) is 9.48 Å². The Morgan fingerprint density at radius 3 is 2.46 bits per heavy atom. The maximum absolute atomic E-state index is 12.8. The van der Waals surface area contributed by atoms with Crippen LogP contribution < -0.4 is 9.47 Å². The van der Waals surface area contributed by atoms with Crippen LogP contribution in [0.15, 0.2) is 76.5 Å². The highest BCUT2D eigenvalue weighted by atomic mass is 32.2. The molecule has 0 fully saturated rings. The number of ether oxygens (including phenoxy) is 2. The second-order valence-corrected chi connectivity index (χ2v) is 9.95. The van der Waals surface area contributed by atoms with E-state index in [1.54, 1.807) is 35.9 Å². The fourth-order valence-corrected chi connectivity index (χ4v) is 4.51. The van der Waals surface area contributed by atoms with Crippen LogP contribution in [0.4, 0.5) is 5.69 Å². The van der Waals surface area contributed by atoms with E-state index in [0.29, 0.717) is 21.2 Å². The Labute approximate surface area is 207 Å². The lowest BCUT2D eigenvalue weighted by atomic mass is 10.1. The van der Waals surface area contributed by atoms with Crippen molar-refractivity contribution in [2.24, 2.45) is 0 Å². The summed E-state index contributed by atoms with van der Waals surface area (Å²) in [6, 6.07) is 19.9. The molecule has 4 rings (SSSR count). The third-order valence-electron chi connectivity index (χ3n) is 5.16. The average Bonchev–Trinajstić information content (AvgIpc) is 3.13. The van der Waals surface area contributed by atoms with E-state index >= 15 is 0 Å². The Morgan fingerprint density at radius 2 is 1.74 bits per heavy atom. The van der Waals surface area contributed by atoms with Crippen molar-refractivity contribution in [3.05, 3.63) is 82.5 Å². The second kappa shape index (κ2) is 9.79. The van der Waals surface area contributed by atoms with Gasteiger partial charge in [0.2, 0.25) is 5.88 Å². The number of esters is 1. The lowest BCUT2D eigenvalue weighted by molar-refractivity contribution is -0.387. The number of nitro benzene ring substituents is 1. The van der Waals surface area contributed by atoms with E-state index in [-0.39, 0.29) is 18.2 Å². The Hall–Kier alpha value is -3.85. The molecule has 0 saturated heterocycles. The van der Waals surface area contributed by atoms with Gasteiger partial charge in [0.05, 0.1) is 25.9 Å². The minimum atomic E-state index is -0.604. The van der Waals surface area contributed by atoms with Crippen molar-refractivity contribution >= 4 is 34.2 Å². The van der Waals surface area contributed by atoms with Crippen LogP contribution in [-0.4, -0.2) is 27.3 Å². The Morgan fingerprint density at radius 1 is 1.06 bits per heavy atom. The molecule has 0 radical (unpaired) electrons. The highest BCUT2D eigenvalue weighted by molar-refractivity contribution is 7.99. The number of carbonyl (C=O) groups excluding carboxylic acids is 1. The lowest BCUT2D eigenvalue weighted by Crippen LogP contribution is -2.27. The summed E-state index contributed by atoms with van der Waals surface area (Å²) in [7, 11) is 0. The van der Waals surface area contributed by atoms with Crippen molar-refractivity contribution in [2.45, 2.75) is 43.0 Å². The van der Waals surface area contributed by atoms with Gasteiger partial charge in [-0.05, 0) is 56.7 Å². The largest absolute Gasteiger partial charge is 0.482 e. The van der Waals surface area contributed by atoms with Crippen LogP contribution in [0.1, 0.15) is 26.5 Å². The molecule has 0 amide bonds. The quantitative estimate of drug-likeness (QED) is 0.174. The number of rotatable bonds is 7. The number of para-hydroxylation sites is 1. The number of hydrogen-bond acceptors (Lipinski definition) is 7. The van der Waals surface area contributed by atoms with Crippen molar-refractivity contribution in [3.63, 3.8) is 0 Å². The molecule has 0 spiro atoms. The van der Waals surface area contributed by atoms with E-state index in [4.69, 9.17) is 9.47 Å². The van der Waals surface area contributed by atoms with Crippen molar-refractivity contribution in [2.75, 3.05) is 6.61 Å². The first-order chi connectivity index (χ1) is 16.6. The number of carbonyl (C=O) groups is 1. The normalized spacial score (nSPS) is 11.4. The van der Waals surface area contributed by atoms with Gasteiger partial charge in [0, 0.05) is 6.07 Å². The van der Waals surface area contributed by atoms with Crippen molar-refractivity contribution in [3.8, 4) is 11.6 Å². The summed E-state index contributed by atoms with van der Waals surface area (Å²) in [5.41, 5.74) is 0.0692. The molecule has 0 atom stereocenters. The number of nitro groups is 1. The van der Waals surface area contributed by atoms with Crippen LogP contribution in [-0.2, 0) is 10.3 Å². The third kappa shape index (κ3) is 5.46. The van der Waals surface area contributed by atoms with Gasteiger partial charge in [0.15, 0.2) is 6.61 Å². The van der Waals surface area contributed by atoms with Gasteiger partial charge in [0.25, 0.3) is 5.69 Å². The zero-order valence-electron chi connectivity index (χ0n) is 19.8. The minimum absolute atomic E-state index is 0.0303. The molecule has 1 heterocycles. The predicted octanol–water partition coefficient (Wildman–Crippen LogP) is 6.14. The highest BCUT2D eigenvalue weighted by Crippen LogP contribution is 2.42. The molecule has 8 nitrogen and oxygen atoms in total. The van der Waals surface area contributed by atoms with Gasteiger partial charge in [-0.2, -0.15) is 5.10 Å². The molecule has 4 aromatic rings. The zero-order chi connectivity index (χ0) is 25.2. The van der Waals surface area contributed by atoms with E-state index < -0.39 is 16.4 Å². The SMILES string of the molecule is Cc1nn(C(C)(C)C)c(OC(=O)COc2ccc3ccccc3c2)c1Sc1ccccc1[N+](=O)[O-]. The number of nitrogens with zero attached hydrogens (tertiary/aromatic N) is 3. The summed E-state index contributed by atoms with van der Waals surface area (Å²) in [5, 5.41) is 18.1. The summed E-state index contributed by atoms with van der Waals surface area (Å²) in [4.78, 5) is 24.8. The summed E-state index contributed by atoms with van der Waals surface area (Å²) in [6.45, 7) is 7.27. The monoisotopic (exact) mass is 491 g/mol. The van der Waals surface area contributed by atoms with Crippen LogP contribution in [0.25, 0.3) is 10.8 Å². The molecular weight excluding hydrogens is 466 g/mol. The summed E-state index contributed by atoms with van der Waals surface area (Å²) >= 11 is 1.15. The summed E-state index contributed by atoms with van der Waals surface area (Å²) < 4.78 is 13.1. The van der Waals surface area contributed by atoms with Crippen LogP contribution in [0.5, 0.6) is 11.6 Å². The average molecular weight is 492 g/mol. The smallest absolute Gasteiger partial charge is 0.350 e. The molecule has 0 aliphatic carbocycles. The standard InChI is InChI=1S/C26H25N3O5S/c1-17-24(35-22-12-8-7-11-21(22)29(31)32)25(28(27-17)26(2,3)4)34-23(30)16-33-20-14-13-18-9-5-6-10-19(18)15-20/h5-15H,16H2,1-4H3. The van der Waals surface area contributed by atoms with E-state index in [2.05, 4.69) is 5.10 Å². The zero-order valence-corrected chi connectivity index (χ0v) is 20.7. The van der Waals surface area contributed by atoms with Crippen molar-refractivity contribution < 1.29 is 19.2 Å². The first-order valence-electron chi connectivity index (χ1n) is 11.0. The number of benzene rings is 3. The molecule has 9 heteroatoms.